The number of nitrogens with zero attached hydrogens (tertiary/aromatic N) is 4. The van der Waals surface area contributed by atoms with Gasteiger partial charge < -0.3 is 20.1 Å². The van der Waals surface area contributed by atoms with E-state index >= 15 is 0 Å². The minimum Gasteiger partial charge on any atom is -0.387 e. The lowest BCUT2D eigenvalue weighted by Gasteiger charge is -2.42. The van der Waals surface area contributed by atoms with E-state index in [-0.39, 0.29) is 18.0 Å². The van der Waals surface area contributed by atoms with Gasteiger partial charge >= 0.3 is 0 Å². The molecule has 7 nitrogen and oxygen atoms in total. The summed E-state index contributed by atoms with van der Waals surface area (Å²) >= 11 is 7.67. The van der Waals surface area contributed by atoms with Gasteiger partial charge in [0.25, 0.3) is 0 Å². The van der Waals surface area contributed by atoms with Crippen LogP contribution in [-0.4, -0.2) is 65.2 Å². The molecular weight excluding hydrogens is 446 g/mol. The van der Waals surface area contributed by atoms with E-state index in [1.165, 1.54) is 24.2 Å². The molecule has 2 aromatic heterocycles. The number of piperazine rings is 1. The highest BCUT2D eigenvalue weighted by molar-refractivity contribution is 7.16. The number of carbonyl (C=O) groups is 1. The highest BCUT2D eigenvalue weighted by Gasteiger charge is 2.36. The SMILES string of the molecule is C[C@@H]1C[C@@H](O)c2ncnc(N3CCN(C(NCC4CC4)C(C=O)c4ccc(Cl)s4)CC3)c21. The average Bonchev–Trinajstić information content (AvgIpc) is 3.46. The molecule has 2 aliphatic carbocycles. The van der Waals surface area contributed by atoms with Gasteiger partial charge in [-0.3, -0.25) is 4.90 Å². The van der Waals surface area contributed by atoms with Gasteiger partial charge in [0.1, 0.15) is 18.4 Å². The zero-order chi connectivity index (χ0) is 22.2. The summed E-state index contributed by atoms with van der Waals surface area (Å²) in [5.74, 6) is 1.70. The Morgan fingerprint density at radius 2 is 2.06 bits per heavy atom. The van der Waals surface area contributed by atoms with Crippen LogP contribution in [0.25, 0.3) is 0 Å². The molecule has 1 saturated carbocycles. The summed E-state index contributed by atoms with van der Waals surface area (Å²) in [6.45, 7) is 6.40. The number of thiophene rings is 1. The van der Waals surface area contributed by atoms with Crippen molar-refractivity contribution in [2.45, 2.75) is 50.3 Å². The van der Waals surface area contributed by atoms with Crippen LogP contribution < -0.4 is 10.2 Å². The molecule has 4 atom stereocenters. The number of rotatable bonds is 8. The van der Waals surface area contributed by atoms with E-state index in [9.17, 15) is 9.90 Å². The fourth-order valence-corrected chi connectivity index (χ4v) is 6.21. The normalized spacial score (nSPS) is 25.5. The topological polar surface area (TPSA) is 81.6 Å². The zero-order valence-electron chi connectivity index (χ0n) is 18.3. The Kier molecular flexibility index (Phi) is 6.49. The van der Waals surface area contributed by atoms with Gasteiger partial charge in [-0.25, -0.2) is 9.97 Å². The summed E-state index contributed by atoms with van der Waals surface area (Å²) in [5.41, 5.74) is 1.88. The second-order valence-electron chi connectivity index (χ2n) is 9.27. The van der Waals surface area contributed by atoms with Crippen LogP contribution in [0.15, 0.2) is 18.5 Å². The lowest BCUT2D eigenvalue weighted by Crippen LogP contribution is -2.57. The fourth-order valence-electron chi connectivity index (χ4n) is 5.06. The number of halogens is 1. The highest BCUT2D eigenvalue weighted by Crippen LogP contribution is 2.43. The Hall–Kier alpha value is -1.58. The molecular formula is C23H30ClN5O2S. The van der Waals surface area contributed by atoms with Gasteiger partial charge in [0.15, 0.2) is 0 Å². The molecule has 2 aromatic rings. The molecule has 5 rings (SSSR count). The van der Waals surface area contributed by atoms with Crippen molar-refractivity contribution in [1.29, 1.82) is 0 Å². The lowest BCUT2D eigenvalue weighted by molar-refractivity contribution is -0.110. The van der Waals surface area contributed by atoms with Crippen molar-refractivity contribution in [3.8, 4) is 0 Å². The molecule has 0 radical (unpaired) electrons. The minimum atomic E-state index is -0.495. The predicted molar refractivity (Wildman–Crippen MR) is 126 cm³/mol. The van der Waals surface area contributed by atoms with Crippen molar-refractivity contribution in [2.75, 3.05) is 37.6 Å². The van der Waals surface area contributed by atoms with Crippen LogP contribution >= 0.6 is 22.9 Å². The first-order valence-corrected chi connectivity index (χ1v) is 12.7. The second kappa shape index (κ2) is 9.35. The quantitative estimate of drug-likeness (QED) is 0.567. The lowest BCUT2D eigenvalue weighted by atomic mass is 10.0. The van der Waals surface area contributed by atoms with Crippen LogP contribution in [0.3, 0.4) is 0 Å². The molecule has 2 N–H and O–H groups in total. The first-order chi connectivity index (χ1) is 15.5. The number of aliphatic hydroxyl groups is 1. The van der Waals surface area contributed by atoms with E-state index in [0.29, 0.717) is 10.8 Å². The highest BCUT2D eigenvalue weighted by atomic mass is 35.5. The number of fused-ring (bicyclic) bond motifs is 1. The molecule has 32 heavy (non-hydrogen) atoms. The molecule has 172 valence electrons. The van der Waals surface area contributed by atoms with Crippen LogP contribution in [0.4, 0.5) is 5.82 Å². The second-order valence-corrected chi connectivity index (χ2v) is 11.0. The Morgan fingerprint density at radius 1 is 1.28 bits per heavy atom. The van der Waals surface area contributed by atoms with Crippen LogP contribution in [0, 0.1) is 5.92 Å². The largest absolute Gasteiger partial charge is 0.387 e. The zero-order valence-corrected chi connectivity index (χ0v) is 19.9. The van der Waals surface area contributed by atoms with Gasteiger partial charge in [-0.05, 0) is 49.8 Å². The summed E-state index contributed by atoms with van der Waals surface area (Å²) in [6, 6.07) is 3.85. The van der Waals surface area contributed by atoms with Gasteiger partial charge in [0, 0.05) is 36.6 Å². The first kappa shape index (κ1) is 22.2. The molecule has 2 unspecified atom stereocenters. The molecule has 2 fully saturated rings. The van der Waals surface area contributed by atoms with E-state index in [0.717, 1.165) is 66.9 Å². The third-order valence-corrected chi connectivity index (χ3v) is 8.34. The van der Waals surface area contributed by atoms with Crippen molar-refractivity contribution < 1.29 is 9.90 Å². The maximum atomic E-state index is 12.2. The summed E-state index contributed by atoms with van der Waals surface area (Å²) < 4.78 is 0.714. The van der Waals surface area contributed by atoms with Crippen molar-refractivity contribution in [3.63, 3.8) is 0 Å². The molecule has 9 heteroatoms. The maximum absolute atomic E-state index is 12.2. The van der Waals surface area contributed by atoms with Crippen LogP contribution in [-0.2, 0) is 4.79 Å². The van der Waals surface area contributed by atoms with Gasteiger partial charge in [0.05, 0.1) is 28.2 Å². The number of anilines is 1. The number of nitrogens with one attached hydrogen (secondary N) is 1. The number of aliphatic hydroxyl groups excluding tert-OH is 1. The predicted octanol–water partition coefficient (Wildman–Crippen LogP) is 3.16. The van der Waals surface area contributed by atoms with Crippen molar-refractivity contribution in [1.82, 2.24) is 20.2 Å². The van der Waals surface area contributed by atoms with E-state index in [1.54, 1.807) is 6.33 Å². The number of aldehydes is 1. The van der Waals surface area contributed by atoms with Gasteiger partial charge in [0.2, 0.25) is 0 Å². The van der Waals surface area contributed by atoms with E-state index in [2.05, 4.69) is 32.0 Å². The van der Waals surface area contributed by atoms with Crippen molar-refractivity contribution in [3.05, 3.63) is 38.9 Å². The first-order valence-electron chi connectivity index (χ1n) is 11.5. The van der Waals surface area contributed by atoms with E-state index < -0.39 is 6.10 Å². The van der Waals surface area contributed by atoms with Crippen LogP contribution in [0.2, 0.25) is 4.34 Å². The third kappa shape index (κ3) is 4.43. The molecule has 3 heterocycles. The Labute approximate surface area is 197 Å². The molecule has 1 saturated heterocycles. The Bertz CT molecular complexity index is 960. The Balaban J connectivity index is 1.32. The van der Waals surface area contributed by atoms with E-state index in [4.69, 9.17) is 11.6 Å². The molecule has 0 aromatic carbocycles. The third-order valence-electron chi connectivity index (χ3n) is 7.01. The van der Waals surface area contributed by atoms with Crippen molar-refractivity contribution >= 4 is 35.0 Å². The van der Waals surface area contributed by atoms with Crippen LogP contribution in [0.1, 0.15) is 60.3 Å². The molecule has 1 aliphatic heterocycles. The summed E-state index contributed by atoms with van der Waals surface area (Å²) in [5, 5.41) is 14.0. The summed E-state index contributed by atoms with van der Waals surface area (Å²) in [4.78, 5) is 26.8. The maximum Gasteiger partial charge on any atom is 0.135 e. The van der Waals surface area contributed by atoms with Crippen LogP contribution in [0.5, 0.6) is 0 Å². The van der Waals surface area contributed by atoms with E-state index in [1.807, 2.05) is 12.1 Å². The molecule has 0 bridgehead atoms. The molecule has 3 aliphatic rings. The van der Waals surface area contributed by atoms with Gasteiger partial charge in [-0.1, -0.05) is 18.5 Å². The standard InChI is InChI=1S/C23H30ClN5O2S/c1-14-10-17(31)21-20(14)23(27-13-26-21)29-8-6-28(7-9-29)22(25-11-15-2-3-15)16(12-30)18-4-5-19(24)32-18/h4-5,12-17,22,25,31H,2-3,6-11H2,1H3/t14-,16?,17-,22?/m1/s1. The van der Waals surface area contributed by atoms with Gasteiger partial charge in [-0.15, -0.1) is 11.3 Å². The number of aromatic nitrogens is 2. The number of hydrogen-bond acceptors (Lipinski definition) is 8. The summed E-state index contributed by atoms with van der Waals surface area (Å²) in [6.07, 6.45) is 5.36. The average molecular weight is 476 g/mol. The fraction of sp³-hybridized carbons (Fsp3) is 0.609. The van der Waals surface area contributed by atoms with Crippen molar-refractivity contribution in [2.24, 2.45) is 5.92 Å². The van der Waals surface area contributed by atoms with Gasteiger partial charge in [-0.2, -0.15) is 0 Å². The Morgan fingerprint density at radius 3 is 2.72 bits per heavy atom. The monoisotopic (exact) mass is 475 g/mol. The minimum absolute atomic E-state index is 0.0400. The number of carbonyl (C=O) groups excluding carboxylic acids is 1. The smallest absolute Gasteiger partial charge is 0.135 e. The molecule has 0 spiro atoms. The molecule has 0 amide bonds. The summed E-state index contributed by atoms with van der Waals surface area (Å²) in [7, 11) is 0. The number of hydrogen-bond donors (Lipinski definition) is 2.